The molecule has 0 bridgehead atoms. The van der Waals surface area contributed by atoms with E-state index in [1.165, 1.54) is 58.0 Å². The van der Waals surface area contributed by atoms with Crippen molar-refractivity contribution in [3.8, 4) is 0 Å². The lowest BCUT2D eigenvalue weighted by Gasteiger charge is -2.38. The van der Waals surface area contributed by atoms with Gasteiger partial charge in [0.1, 0.15) is 0 Å². The van der Waals surface area contributed by atoms with Gasteiger partial charge < -0.3 is 15.4 Å². The second-order valence-corrected chi connectivity index (χ2v) is 7.19. The summed E-state index contributed by atoms with van der Waals surface area (Å²) < 4.78 is 6.44. The molecule has 2 heterocycles. The first-order valence-electron chi connectivity index (χ1n) is 8.31. The van der Waals surface area contributed by atoms with Crippen LogP contribution >= 0.6 is 0 Å². The molecule has 0 radical (unpaired) electrons. The molecule has 3 aliphatic rings. The van der Waals surface area contributed by atoms with E-state index in [1.54, 1.807) is 0 Å². The number of rotatable bonds is 3. The van der Waals surface area contributed by atoms with E-state index in [4.69, 9.17) is 10.5 Å². The van der Waals surface area contributed by atoms with E-state index < -0.39 is 0 Å². The summed E-state index contributed by atoms with van der Waals surface area (Å²) in [6.45, 7) is 6.77. The minimum Gasteiger partial charge on any atom is -0.370 e. The Morgan fingerprint density at radius 2 is 2.00 bits per heavy atom. The first-order valence-corrected chi connectivity index (χ1v) is 8.31. The number of ether oxygens (including phenoxy) is 1. The molecule has 3 atom stereocenters. The Hall–Kier alpha value is -0.120. The molecule has 2 saturated heterocycles. The van der Waals surface area contributed by atoms with E-state index in [0.29, 0.717) is 17.6 Å². The van der Waals surface area contributed by atoms with Gasteiger partial charge in [-0.25, -0.2) is 0 Å². The van der Waals surface area contributed by atoms with Crippen LogP contribution in [0.5, 0.6) is 0 Å². The molecule has 0 aromatic heterocycles. The van der Waals surface area contributed by atoms with Crippen molar-refractivity contribution in [1.82, 2.24) is 4.90 Å². The van der Waals surface area contributed by atoms with E-state index >= 15 is 0 Å². The zero-order valence-electron chi connectivity index (χ0n) is 12.4. The number of nitrogens with zero attached hydrogens (tertiary/aromatic N) is 1. The zero-order chi connectivity index (χ0) is 13.3. The van der Waals surface area contributed by atoms with Crippen molar-refractivity contribution in [2.75, 3.05) is 26.2 Å². The number of hydrogen-bond acceptors (Lipinski definition) is 3. The van der Waals surface area contributed by atoms with E-state index in [-0.39, 0.29) is 0 Å². The molecule has 0 amide bonds. The summed E-state index contributed by atoms with van der Waals surface area (Å²) in [5.74, 6) is 1.49. The maximum Gasteiger partial charge on any atom is 0.0710 e. The van der Waals surface area contributed by atoms with Crippen molar-refractivity contribution in [1.29, 1.82) is 0 Å². The molecular formula is C16H30N2O. The van der Waals surface area contributed by atoms with E-state index in [2.05, 4.69) is 11.8 Å². The van der Waals surface area contributed by atoms with Crippen LogP contribution < -0.4 is 5.73 Å². The Balaban J connectivity index is 1.49. The summed E-state index contributed by atoms with van der Waals surface area (Å²) in [7, 11) is 0. The highest BCUT2D eigenvalue weighted by molar-refractivity contribution is 4.94. The lowest BCUT2D eigenvalue weighted by atomic mass is 9.87. The topological polar surface area (TPSA) is 38.5 Å². The number of hydrogen-bond donors (Lipinski definition) is 1. The van der Waals surface area contributed by atoms with Gasteiger partial charge >= 0.3 is 0 Å². The maximum absolute atomic E-state index is 6.44. The van der Waals surface area contributed by atoms with Crippen molar-refractivity contribution in [3.05, 3.63) is 0 Å². The lowest BCUT2D eigenvalue weighted by Crippen LogP contribution is -2.45. The average molecular weight is 266 g/mol. The van der Waals surface area contributed by atoms with Gasteiger partial charge in [-0.05, 0) is 57.0 Å². The van der Waals surface area contributed by atoms with E-state index in [9.17, 15) is 0 Å². The third kappa shape index (κ3) is 2.98. The Morgan fingerprint density at radius 1 is 1.21 bits per heavy atom. The van der Waals surface area contributed by atoms with Gasteiger partial charge in [-0.15, -0.1) is 0 Å². The molecule has 1 aliphatic carbocycles. The van der Waals surface area contributed by atoms with Crippen LogP contribution in [0, 0.1) is 11.8 Å². The Morgan fingerprint density at radius 3 is 2.74 bits per heavy atom. The van der Waals surface area contributed by atoms with E-state index in [1.807, 2.05) is 0 Å². The summed E-state index contributed by atoms with van der Waals surface area (Å²) in [6.07, 6.45) is 9.76. The molecule has 19 heavy (non-hydrogen) atoms. The molecule has 3 unspecified atom stereocenters. The van der Waals surface area contributed by atoms with Gasteiger partial charge in [0.15, 0.2) is 0 Å². The second kappa shape index (κ2) is 5.71. The highest BCUT2D eigenvalue weighted by atomic mass is 16.5. The molecule has 3 fully saturated rings. The first kappa shape index (κ1) is 13.8. The SMILES string of the molecule is CC1CCN(CC2CCC3(CCCC3)O2)CC1CN. The van der Waals surface area contributed by atoms with Crippen LogP contribution in [-0.4, -0.2) is 42.8 Å². The minimum atomic E-state index is 0.293. The van der Waals surface area contributed by atoms with Gasteiger partial charge in [0.05, 0.1) is 11.7 Å². The maximum atomic E-state index is 6.44. The molecule has 0 aromatic rings. The van der Waals surface area contributed by atoms with Crippen molar-refractivity contribution in [2.24, 2.45) is 17.6 Å². The highest BCUT2D eigenvalue weighted by Crippen LogP contribution is 2.43. The van der Waals surface area contributed by atoms with Crippen LogP contribution in [0.15, 0.2) is 0 Å². The molecule has 3 rings (SSSR count). The first-order chi connectivity index (χ1) is 9.21. The number of piperidine rings is 1. The van der Waals surface area contributed by atoms with Crippen molar-refractivity contribution < 1.29 is 4.74 Å². The Kier molecular flexibility index (Phi) is 4.16. The van der Waals surface area contributed by atoms with Crippen LogP contribution in [-0.2, 0) is 4.74 Å². The van der Waals surface area contributed by atoms with Crippen molar-refractivity contribution in [2.45, 2.75) is 63.6 Å². The van der Waals surface area contributed by atoms with Crippen molar-refractivity contribution in [3.63, 3.8) is 0 Å². The normalized spacial score (nSPS) is 39.2. The molecule has 0 aromatic carbocycles. The summed E-state index contributed by atoms with van der Waals surface area (Å²) in [6, 6.07) is 0. The van der Waals surface area contributed by atoms with Crippen LogP contribution in [0.25, 0.3) is 0 Å². The predicted octanol–water partition coefficient (Wildman–Crippen LogP) is 2.39. The Bertz CT molecular complexity index is 301. The molecule has 1 spiro atoms. The summed E-state index contributed by atoms with van der Waals surface area (Å²) in [5.41, 5.74) is 6.19. The fourth-order valence-electron chi connectivity index (χ4n) is 4.40. The molecule has 110 valence electrons. The van der Waals surface area contributed by atoms with Gasteiger partial charge in [0, 0.05) is 13.1 Å². The number of nitrogens with two attached hydrogens (primary N) is 1. The monoisotopic (exact) mass is 266 g/mol. The summed E-state index contributed by atoms with van der Waals surface area (Å²) in [5, 5.41) is 0. The second-order valence-electron chi connectivity index (χ2n) is 7.19. The summed E-state index contributed by atoms with van der Waals surface area (Å²) in [4.78, 5) is 2.61. The third-order valence-corrected chi connectivity index (χ3v) is 5.82. The zero-order valence-corrected chi connectivity index (χ0v) is 12.4. The smallest absolute Gasteiger partial charge is 0.0710 e. The number of likely N-dealkylation sites (tertiary alicyclic amines) is 1. The fraction of sp³-hybridized carbons (Fsp3) is 1.00. The standard InChI is InChI=1S/C16H30N2O/c1-13-5-9-18(11-14(13)10-17)12-15-4-8-16(19-15)6-2-3-7-16/h13-15H,2-12,17H2,1H3. The van der Waals surface area contributed by atoms with Crippen LogP contribution in [0.3, 0.4) is 0 Å². The van der Waals surface area contributed by atoms with Crippen molar-refractivity contribution >= 4 is 0 Å². The van der Waals surface area contributed by atoms with E-state index in [0.717, 1.165) is 19.0 Å². The third-order valence-electron chi connectivity index (χ3n) is 5.82. The predicted molar refractivity (Wildman–Crippen MR) is 78.1 cm³/mol. The highest BCUT2D eigenvalue weighted by Gasteiger charge is 2.42. The van der Waals surface area contributed by atoms with Crippen LogP contribution in [0.2, 0.25) is 0 Å². The summed E-state index contributed by atoms with van der Waals surface area (Å²) >= 11 is 0. The quantitative estimate of drug-likeness (QED) is 0.852. The molecule has 2 aliphatic heterocycles. The Labute approximate surface area is 117 Å². The lowest BCUT2D eigenvalue weighted by molar-refractivity contribution is -0.0522. The van der Waals surface area contributed by atoms with Gasteiger partial charge in [-0.1, -0.05) is 19.8 Å². The van der Waals surface area contributed by atoms with Gasteiger partial charge in [0.25, 0.3) is 0 Å². The van der Waals surface area contributed by atoms with Crippen LogP contribution in [0.1, 0.15) is 51.9 Å². The van der Waals surface area contributed by atoms with Gasteiger partial charge in [-0.3, -0.25) is 0 Å². The minimum absolute atomic E-state index is 0.293. The molecular weight excluding hydrogens is 236 g/mol. The average Bonchev–Trinajstić information content (AvgIpc) is 3.03. The van der Waals surface area contributed by atoms with Gasteiger partial charge in [0.2, 0.25) is 0 Å². The molecule has 1 saturated carbocycles. The van der Waals surface area contributed by atoms with Crippen LogP contribution in [0.4, 0.5) is 0 Å². The molecule has 3 heteroatoms. The molecule has 2 N–H and O–H groups in total. The van der Waals surface area contributed by atoms with Gasteiger partial charge in [-0.2, -0.15) is 0 Å². The molecule has 3 nitrogen and oxygen atoms in total. The fourth-order valence-corrected chi connectivity index (χ4v) is 4.40. The largest absolute Gasteiger partial charge is 0.370 e.